The molecule has 130 valence electrons. The predicted molar refractivity (Wildman–Crippen MR) is 90.8 cm³/mol. The zero-order valence-corrected chi connectivity index (χ0v) is 13.7. The zero-order valence-electron chi connectivity index (χ0n) is 13.7. The van der Waals surface area contributed by atoms with Gasteiger partial charge in [0.25, 0.3) is 5.91 Å². The van der Waals surface area contributed by atoms with E-state index in [-0.39, 0.29) is 24.2 Å². The van der Waals surface area contributed by atoms with Crippen LogP contribution in [-0.2, 0) is 9.59 Å². The quantitative estimate of drug-likeness (QED) is 0.669. The molecule has 0 saturated heterocycles. The molecule has 3 N–H and O–H groups in total. The fourth-order valence-electron chi connectivity index (χ4n) is 2.89. The van der Waals surface area contributed by atoms with Crippen LogP contribution in [0.15, 0.2) is 24.3 Å². The third-order valence-corrected chi connectivity index (χ3v) is 4.22. The molecule has 0 spiro atoms. The van der Waals surface area contributed by atoms with Gasteiger partial charge in [-0.3, -0.25) is 14.4 Å². The first-order valence-corrected chi connectivity index (χ1v) is 8.47. The standard InChI is InChI=1S/C18H24N2O4/c21-16(22)10-5-11-19-17(23)14-8-4-9-15(12-14)20-18(24)13-6-2-1-3-7-13/h4,8-9,12-13H,1-3,5-7,10-11H2,(H,19,23)(H,20,24)(H,21,22). The smallest absolute Gasteiger partial charge is 0.303 e. The van der Waals surface area contributed by atoms with E-state index >= 15 is 0 Å². The van der Waals surface area contributed by atoms with Crippen molar-refractivity contribution in [3.8, 4) is 0 Å². The molecule has 2 rings (SSSR count). The van der Waals surface area contributed by atoms with Gasteiger partial charge in [-0.15, -0.1) is 0 Å². The van der Waals surface area contributed by atoms with Crippen LogP contribution < -0.4 is 10.6 Å². The van der Waals surface area contributed by atoms with Gasteiger partial charge in [0.2, 0.25) is 5.91 Å². The van der Waals surface area contributed by atoms with Crippen molar-refractivity contribution < 1.29 is 19.5 Å². The molecule has 1 aromatic rings. The van der Waals surface area contributed by atoms with Crippen molar-refractivity contribution in [1.82, 2.24) is 5.32 Å². The van der Waals surface area contributed by atoms with Crippen LogP contribution in [0.3, 0.4) is 0 Å². The Hall–Kier alpha value is -2.37. The molecule has 0 aliphatic heterocycles. The molecule has 0 heterocycles. The maximum atomic E-state index is 12.3. The molecule has 0 unspecified atom stereocenters. The summed E-state index contributed by atoms with van der Waals surface area (Å²) < 4.78 is 0. The lowest BCUT2D eigenvalue weighted by Crippen LogP contribution is -2.26. The molecular weight excluding hydrogens is 308 g/mol. The van der Waals surface area contributed by atoms with Crippen molar-refractivity contribution in [2.45, 2.75) is 44.9 Å². The number of carbonyl (C=O) groups excluding carboxylic acids is 2. The lowest BCUT2D eigenvalue weighted by atomic mass is 9.88. The lowest BCUT2D eigenvalue weighted by molar-refractivity contribution is -0.137. The molecule has 2 amide bonds. The Balaban J connectivity index is 1.87. The van der Waals surface area contributed by atoms with E-state index in [1.54, 1.807) is 24.3 Å². The van der Waals surface area contributed by atoms with E-state index in [1.807, 2.05) is 0 Å². The van der Waals surface area contributed by atoms with E-state index < -0.39 is 5.97 Å². The summed E-state index contributed by atoms with van der Waals surface area (Å²) in [5, 5.41) is 14.1. The minimum Gasteiger partial charge on any atom is -0.481 e. The second kappa shape index (κ2) is 9.05. The number of carboxylic acid groups (broad SMARTS) is 1. The second-order valence-electron chi connectivity index (χ2n) is 6.16. The van der Waals surface area contributed by atoms with Crippen LogP contribution in [0.4, 0.5) is 5.69 Å². The summed E-state index contributed by atoms with van der Waals surface area (Å²) >= 11 is 0. The molecule has 0 radical (unpaired) electrons. The van der Waals surface area contributed by atoms with Gasteiger partial charge in [0.15, 0.2) is 0 Å². The van der Waals surface area contributed by atoms with Crippen molar-refractivity contribution in [1.29, 1.82) is 0 Å². The first-order valence-electron chi connectivity index (χ1n) is 8.47. The number of anilines is 1. The molecule has 6 heteroatoms. The largest absolute Gasteiger partial charge is 0.481 e. The first-order chi connectivity index (χ1) is 11.6. The van der Waals surface area contributed by atoms with Gasteiger partial charge in [-0.05, 0) is 37.5 Å². The molecule has 6 nitrogen and oxygen atoms in total. The molecule has 1 fully saturated rings. The van der Waals surface area contributed by atoms with Crippen molar-refractivity contribution in [2.75, 3.05) is 11.9 Å². The SMILES string of the molecule is O=C(O)CCCNC(=O)c1cccc(NC(=O)C2CCCCC2)c1. The van der Waals surface area contributed by atoms with Gasteiger partial charge in [0.05, 0.1) is 0 Å². The van der Waals surface area contributed by atoms with Gasteiger partial charge in [0.1, 0.15) is 0 Å². The molecule has 0 bridgehead atoms. The van der Waals surface area contributed by atoms with E-state index in [0.717, 1.165) is 25.7 Å². The monoisotopic (exact) mass is 332 g/mol. The zero-order chi connectivity index (χ0) is 17.4. The van der Waals surface area contributed by atoms with Crippen LogP contribution in [-0.4, -0.2) is 29.4 Å². The van der Waals surface area contributed by atoms with Crippen LogP contribution in [0.25, 0.3) is 0 Å². The summed E-state index contributed by atoms with van der Waals surface area (Å²) in [4.78, 5) is 34.8. The summed E-state index contributed by atoms with van der Waals surface area (Å²) in [6.07, 6.45) is 5.65. The maximum Gasteiger partial charge on any atom is 0.303 e. The molecule has 0 aromatic heterocycles. The Morgan fingerprint density at radius 2 is 1.88 bits per heavy atom. The Labute approximate surface area is 141 Å². The van der Waals surface area contributed by atoms with Crippen molar-refractivity contribution in [3.05, 3.63) is 29.8 Å². The molecule has 0 atom stereocenters. The van der Waals surface area contributed by atoms with Crippen LogP contribution in [0, 0.1) is 5.92 Å². The number of rotatable bonds is 7. The fourth-order valence-corrected chi connectivity index (χ4v) is 2.89. The average molecular weight is 332 g/mol. The Morgan fingerprint density at radius 1 is 1.12 bits per heavy atom. The van der Waals surface area contributed by atoms with Crippen molar-refractivity contribution in [3.63, 3.8) is 0 Å². The van der Waals surface area contributed by atoms with Crippen molar-refractivity contribution in [2.24, 2.45) is 5.92 Å². The normalized spacial score (nSPS) is 14.8. The highest BCUT2D eigenvalue weighted by Gasteiger charge is 2.21. The fraction of sp³-hybridized carbons (Fsp3) is 0.500. The number of hydrogen-bond acceptors (Lipinski definition) is 3. The highest BCUT2D eigenvalue weighted by Crippen LogP contribution is 2.25. The number of hydrogen-bond donors (Lipinski definition) is 3. The number of carboxylic acids is 1. The Bertz CT molecular complexity index is 594. The van der Waals surface area contributed by atoms with E-state index in [4.69, 9.17) is 5.11 Å². The summed E-state index contributed by atoms with van der Waals surface area (Å²) in [5.74, 6) is -1.06. The van der Waals surface area contributed by atoms with Gasteiger partial charge in [-0.1, -0.05) is 25.3 Å². The summed E-state index contributed by atoms with van der Waals surface area (Å²) in [6.45, 7) is 0.309. The second-order valence-corrected chi connectivity index (χ2v) is 6.16. The van der Waals surface area contributed by atoms with E-state index in [0.29, 0.717) is 24.2 Å². The topological polar surface area (TPSA) is 95.5 Å². The van der Waals surface area contributed by atoms with Gasteiger partial charge in [-0.25, -0.2) is 0 Å². The van der Waals surface area contributed by atoms with Crippen LogP contribution in [0.2, 0.25) is 0 Å². The van der Waals surface area contributed by atoms with Gasteiger partial charge in [0, 0.05) is 30.1 Å². The number of carbonyl (C=O) groups is 3. The van der Waals surface area contributed by atoms with Gasteiger partial charge in [-0.2, -0.15) is 0 Å². The van der Waals surface area contributed by atoms with Crippen LogP contribution >= 0.6 is 0 Å². The number of amides is 2. The highest BCUT2D eigenvalue weighted by molar-refractivity contribution is 5.97. The van der Waals surface area contributed by atoms with Crippen LogP contribution in [0.1, 0.15) is 55.3 Å². The molecule has 1 aromatic carbocycles. The number of benzene rings is 1. The van der Waals surface area contributed by atoms with Gasteiger partial charge >= 0.3 is 5.97 Å². The number of nitrogens with one attached hydrogen (secondary N) is 2. The Morgan fingerprint density at radius 3 is 2.58 bits per heavy atom. The van der Waals surface area contributed by atoms with Crippen molar-refractivity contribution >= 4 is 23.5 Å². The van der Waals surface area contributed by atoms with E-state index in [2.05, 4.69) is 10.6 Å². The minimum atomic E-state index is -0.878. The lowest BCUT2D eigenvalue weighted by Gasteiger charge is -2.20. The van der Waals surface area contributed by atoms with Gasteiger partial charge < -0.3 is 15.7 Å². The minimum absolute atomic E-state index is 0.0220. The maximum absolute atomic E-state index is 12.3. The van der Waals surface area contributed by atoms with Crippen LogP contribution in [0.5, 0.6) is 0 Å². The number of aliphatic carboxylic acids is 1. The Kier molecular flexibility index (Phi) is 6.78. The third-order valence-electron chi connectivity index (χ3n) is 4.22. The molecule has 1 aliphatic carbocycles. The summed E-state index contributed by atoms with van der Waals surface area (Å²) in [5.41, 5.74) is 1.07. The average Bonchev–Trinajstić information content (AvgIpc) is 2.59. The van der Waals surface area contributed by atoms with E-state index in [1.165, 1.54) is 6.42 Å². The van der Waals surface area contributed by atoms with E-state index in [9.17, 15) is 14.4 Å². The molecule has 1 aliphatic rings. The molecular formula is C18H24N2O4. The third kappa shape index (κ3) is 5.68. The summed E-state index contributed by atoms with van der Waals surface area (Å²) in [6, 6.07) is 6.81. The first kappa shape index (κ1) is 18.0. The summed E-state index contributed by atoms with van der Waals surface area (Å²) in [7, 11) is 0. The molecule has 1 saturated carbocycles. The predicted octanol–water partition coefficient (Wildman–Crippen LogP) is 2.80. The highest BCUT2D eigenvalue weighted by atomic mass is 16.4. The molecule has 24 heavy (non-hydrogen) atoms.